The van der Waals surface area contributed by atoms with Crippen LogP contribution in [-0.4, -0.2) is 15.1 Å². The van der Waals surface area contributed by atoms with E-state index in [1.807, 2.05) is 0 Å². The van der Waals surface area contributed by atoms with Crippen molar-refractivity contribution in [2.24, 2.45) is 0 Å². The Morgan fingerprint density at radius 3 is 2.40 bits per heavy atom. The number of hydrogen-bond acceptors (Lipinski definition) is 2. The van der Waals surface area contributed by atoms with Gasteiger partial charge in [0.2, 0.25) is 0 Å². The Bertz CT molecular complexity index is 480. The van der Waals surface area contributed by atoms with Crippen LogP contribution in [0.15, 0.2) is 29.2 Å². The summed E-state index contributed by atoms with van der Waals surface area (Å²) in [6, 6.07) is 6.36. The maximum Gasteiger partial charge on any atom is 0.261 e. The second kappa shape index (κ2) is 3.46. The van der Waals surface area contributed by atoms with Gasteiger partial charge < -0.3 is 0 Å². The van der Waals surface area contributed by atoms with Crippen molar-refractivity contribution in [2.75, 3.05) is 6.67 Å². The first-order valence-electron chi connectivity index (χ1n) is 4.60. The van der Waals surface area contributed by atoms with Crippen LogP contribution >= 0.6 is 10.7 Å². The van der Waals surface area contributed by atoms with Crippen molar-refractivity contribution in [3.05, 3.63) is 29.8 Å². The molecule has 1 aliphatic rings. The molecule has 0 spiro atoms. The van der Waals surface area contributed by atoms with E-state index in [-0.39, 0.29) is 4.90 Å². The van der Waals surface area contributed by atoms with Gasteiger partial charge in [0.1, 0.15) is 0 Å². The first-order valence-corrected chi connectivity index (χ1v) is 6.91. The Kier molecular flexibility index (Phi) is 2.51. The number of benzene rings is 1. The van der Waals surface area contributed by atoms with E-state index in [0.717, 1.165) is 0 Å². The fourth-order valence-corrected chi connectivity index (χ4v) is 2.94. The first-order chi connectivity index (χ1) is 6.99. The van der Waals surface area contributed by atoms with Gasteiger partial charge in [0, 0.05) is 16.1 Å². The normalized spacial score (nSPS) is 18.8. The largest absolute Gasteiger partial charge is 0.261 e. The Balaban J connectivity index is 2.58. The van der Waals surface area contributed by atoms with E-state index in [0.29, 0.717) is 18.4 Å². The molecule has 1 aliphatic carbocycles. The summed E-state index contributed by atoms with van der Waals surface area (Å²) in [5.41, 5.74) is -0.0825. The lowest BCUT2D eigenvalue weighted by Crippen LogP contribution is -2.13. The van der Waals surface area contributed by atoms with Gasteiger partial charge in [-0.1, -0.05) is 18.2 Å². The highest BCUT2D eigenvalue weighted by atomic mass is 35.7. The average Bonchev–Trinajstić information content (AvgIpc) is 2.97. The van der Waals surface area contributed by atoms with Crippen molar-refractivity contribution in [3.63, 3.8) is 0 Å². The van der Waals surface area contributed by atoms with Gasteiger partial charge in [-0.3, -0.25) is 4.39 Å². The van der Waals surface area contributed by atoms with Crippen molar-refractivity contribution in [1.82, 2.24) is 0 Å². The van der Waals surface area contributed by atoms with Crippen molar-refractivity contribution in [2.45, 2.75) is 23.2 Å². The molecule has 0 heterocycles. The van der Waals surface area contributed by atoms with Gasteiger partial charge in [-0.25, -0.2) is 8.42 Å². The van der Waals surface area contributed by atoms with Gasteiger partial charge >= 0.3 is 0 Å². The monoisotopic (exact) mass is 248 g/mol. The summed E-state index contributed by atoms with van der Waals surface area (Å²) in [5, 5.41) is 0. The molecule has 0 radical (unpaired) electrons. The molecule has 5 heteroatoms. The number of alkyl halides is 1. The molecule has 0 bridgehead atoms. The van der Waals surface area contributed by atoms with Gasteiger partial charge in [0.15, 0.2) is 0 Å². The SMILES string of the molecule is O=S(=O)(Cl)c1ccccc1C1(CF)CC1. The van der Waals surface area contributed by atoms with E-state index >= 15 is 0 Å². The quantitative estimate of drug-likeness (QED) is 0.771. The minimum Gasteiger partial charge on any atom is -0.250 e. The van der Waals surface area contributed by atoms with Gasteiger partial charge in [-0.05, 0) is 24.5 Å². The molecule has 0 aromatic heterocycles. The molecule has 82 valence electrons. The second-order valence-electron chi connectivity index (χ2n) is 3.85. The zero-order chi connectivity index (χ0) is 11.1. The molecule has 0 saturated heterocycles. The molecule has 1 aromatic carbocycles. The van der Waals surface area contributed by atoms with Crippen LogP contribution in [0, 0.1) is 0 Å². The van der Waals surface area contributed by atoms with Gasteiger partial charge in [-0.15, -0.1) is 0 Å². The summed E-state index contributed by atoms with van der Waals surface area (Å²) in [6.07, 6.45) is 1.37. The van der Waals surface area contributed by atoms with Crippen LogP contribution < -0.4 is 0 Å². The molecule has 1 saturated carbocycles. The molecule has 0 amide bonds. The molecule has 1 aromatic rings. The fourth-order valence-electron chi connectivity index (χ4n) is 1.74. The third kappa shape index (κ3) is 1.88. The van der Waals surface area contributed by atoms with Crippen LogP contribution in [0.1, 0.15) is 18.4 Å². The van der Waals surface area contributed by atoms with E-state index in [1.54, 1.807) is 18.2 Å². The summed E-state index contributed by atoms with van der Waals surface area (Å²) in [5.74, 6) is 0. The molecule has 0 N–H and O–H groups in total. The number of halogens is 2. The van der Waals surface area contributed by atoms with E-state index in [2.05, 4.69) is 0 Å². The summed E-state index contributed by atoms with van der Waals surface area (Å²) in [6.45, 7) is -0.531. The predicted molar refractivity (Wildman–Crippen MR) is 56.4 cm³/mol. The van der Waals surface area contributed by atoms with Crippen LogP contribution in [0.5, 0.6) is 0 Å². The van der Waals surface area contributed by atoms with Gasteiger partial charge in [-0.2, -0.15) is 0 Å². The van der Waals surface area contributed by atoms with Crippen molar-refractivity contribution in [3.8, 4) is 0 Å². The first kappa shape index (κ1) is 10.9. The molecule has 15 heavy (non-hydrogen) atoms. The molecular formula is C10H10ClFO2S. The van der Waals surface area contributed by atoms with E-state index in [1.165, 1.54) is 6.07 Å². The predicted octanol–water partition coefficient (Wildman–Crippen LogP) is 2.62. The summed E-state index contributed by atoms with van der Waals surface area (Å²) in [4.78, 5) is 0.0433. The smallest absolute Gasteiger partial charge is 0.250 e. The summed E-state index contributed by atoms with van der Waals surface area (Å²) < 4.78 is 35.4. The highest BCUT2D eigenvalue weighted by Gasteiger charge is 2.46. The molecule has 2 rings (SSSR count). The Labute approximate surface area is 92.5 Å². The summed E-state index contributed by atoms with van der Waals surface area (Å²) >= 11 is 0. The summed E-state index contributed by atoms with van der Waals surface area (Å²) in [7, 11) is 1.52. The lowest BCUT2D eigenvalue weighted by atomic mass is 9.98. The Morgan fingerprint density at radius 1 is 1.33 bits per heavy atom. The minimum absolute atomic E-state index is 0.0433. The zero-order valence-corrected chi connectivity index (χ0v) is 9.48. The molecular weight excluding hydrogens is 239 g/mol. The average molecular weight is 249 g/mol. The molecule has 0 unspecified atom stereocenters. The van der Waals surface area contributed by atoms with Gasteiger partial charge in [0.25, 0.3) is 9.05 Å². The van der Waals surface area contributed by atoms with Gasteiger partial charge in [0.05, 0.1) is 11.6 Å². The second-order valence-corrected chi connectivity index (χ2v) is 6.38. The maximum absolute atomic E-state index is 12.8. The number of hydrogen-bond donors (Lipinski definition) is 0. The van der Waals surface area contributed by atoms with Crippen LogP contribution in [0.25, 0.3) is 0 Å². The van der Waals surface area contributed by atoms with Crippen molar-refractivity contribution < 1.29 is 12.8 Å². The number of rotatable bonds is 3. The van der Waals surface area contributed by atoms with Crippen LogP contribution in [0.4, 0.5) is 4.39 Å². The zero-order valence-electron chi connectivity index (χ0n) is 7.91. The van der Waals surface area contributed by atoms with E-state index < -0.39 is 21.1 Å². The van der Waals surface area contributed by atoms with Crippen molar-refractivity contribution >= 4 is 19.7 Å². The maximum atomic E-state index is 12.8. The Hall–Kier alpha value is -0.610. The molecule has 2 nitrogen and oxygen atoms in total. The van der Waals surface area contributed by atoms with E-state index in [9.17, 15) is 12.8 Å². The molecule has 0 atom stereocenters. The third-order valence-corrected chi connectivity index (χ3v) is 4.21. The highest BCUT2D eigenvalue weighted by molar-refractivity contribution is 8.13. The lowest BCUT2D eigenvalue weighted by molar-refractivity contribution is 0.414. The minimum atomic E-state index is -3.78. The van der Waals surface area contributed by atoms with E-state index in [4.69, 9.17) is 10.7 Å². The Morgan fingerprint density at radius 2 is 1.93 bits per heavy atom. The molecule has 1 fully saturated rings. The topological polar surface area (TPSA) is 34.1 Å². The standard InChI is InChI=1S/C10H10ClFO2S/c11-15(13,14)9-4-2-1-3-8(9)10(7-12)5-6-10/h1-4H,5-7H2. The van der Waals surface area contributed by atoms with Crippen LogP contribution in [-0.2, 0) is 14.5 Å². The van der Waals surface area contributed by atoms with Crippen LogP contribution in [0.3, 0.4) is 0 Å². The third-order valence-electron chi connectivity index (χ3n) is 2.83. The van der Waals surface area contributed by atoms with Crippen molar-refractivity contribution in [1.29, 1.82) is 0 Å². The lowest BCUT2D eigenvalue weighted by Gasteiger charge is -2.13. The highest BCUT2D eigenvalue weighted by Crippen LogP contribution is 2.50. The fraction of sp³-hybridized carbons (Fsp3) is 0.400. The van der Waals surface area contributed by atoms with Crippen LogP contribution in [0.2, 0.25) is 0 Å². The molecule has 0 aliphatic heterocycles.